The van der Waals surface area contributed by atoms with Crippen LogP contribution in [0.5, 0.6) is 0 Å². The van der Waals surface area contributed by atoms with E-state index in [4.69, 9.17) is 5.73 Å². The first-order chi connectivity index (χ1) is 5.74. The maximum absolute atomic E-state index is 11.0. The number of hydrogen-bond acceptors (Lipinski definition) is 3. The molecule has 1 heterocycles. The maximum Gasteiger partial charge on any atom is 0.328 e. The van der Waals surface area contributed by atoms with E-state index in [1.807, 2.05) is 0 Å². The minimum Gasteiger partial charge on any atom is -0.405 e. The predicted molar refractivity (Wildman–Crippen MR) is 44.7 cm³/mol. The van der Waals surface area contributed by atoms with E-state index in [1.165, 1.54) is 23.0 Å². The lowest BCUT2D eigenvalue weighted by Gasteiger charge is -1.97. The van der Waals surface area contributed by atoms with Gasteiger partial charge in [-0.1, -0.05) is 0 Å². The minimum atomic E-state index is -0.430. The second-order valence-electron chi connectivity index (χ2n) is 2.19. The van der Waals surface area contributed by atoms with E-state index in [2.05, 4.69) is 4.98 Å². The summed E-state index contributed by atoms with van der Waals surface area (Å²) >= 11 is 0. The van der Waals surface area contributed by atoms with E-state index in [-0.39, 0.29) is 0 Å². The van der Waals surface area contributed by atoms with Gasteiger partial charge in [0.05, 0.1) is 0 Å². The standard InChI is InChI=1S/C7H9N3O2/c8-3-1-4-10-5-2-6(11)9-7(10)12/h1-3,5H,4,8H2,(H,9,11,12). The molecule has 3 N–H and O–H groups in total. The van der Waals surface area contributed by atoms with Crippen LogP contribution in [-0.4, -0.2) is 9.55 Å². The van der Waals surface area contributed by atoms with Crippen LogP contribution in [0.4, 0.5) is 0 Å². The molecule has 0 fully saturated rings. The molecule has 0 saturated carbocycles. The Bertz CT molecular complexity index is 388. The Balaban J connectivity index is 3.02. The molecule has 64 valence electrons. The highest BCUT2D eigenvalue weighted by atomic mass is 16.2. The number of aromatic amines is 1. The second-order valence-corrected chi connectivity index (χ2v) is 2.19. The summed E-state index contributed by atoms with van der Waals surface area (Å²) in [5, 5.41) is 0. The van der Waals surface area contributed by atoms with E-state index in [9.17, 15) is 9.59 Å². The van der Waals surface area contributed by atoms with Crippen molar-refractivity contribution < 1.29 is 0 Å². The van der Waals surface area contributed by atoms with Gasteiger partial charge in [0.15, 0.2) is 0 Å². The molecular formula is C7H9N3O2. The first-order valence-corrected chi connectivity index (χ1v) is 3.40. The van der Waals surface area contributed by atoms with Crippen molar-refractivity contribution in [3.8, 4) is 0 Å². The van der Waals surface area contributed by atoms with E-state index in [1.54, 1.807) is 6.08 Å². The van der Waals surface area contributed by atoms with Crippen LogP contribution in [0.1, 0.15) is 0 Å². The van der Waals surface area contributed by atoms with Gasteiger partial charge in [-0.25, -0.2) is 4.79 Å². The fourth-order valence-electron chi connectivity index (χ4n) is 0.762. The largest absolute Gasteiger partial charge is 0.405 e. The summed E-state index contributed by atoms with van der Waals surface area (Å²) in [6, 6.07) is 1.28. The van der Waals surface area contributed by atoms with Crippen LogP contribution in [0.25, 0.3) is 0 Å². The molecule has 0 bridgehead atoms. The molecule has 1 aromatic heterocycles. The molecule has 0 spiro atoms. The van der Waals surface area contributed by atoms with Crippen molar-refractivity contribution in [2.75, 3.05) is 0 Å². The van der Waals surface area contributed by atoms with Crippen LogP contribution in [0.3, 0.4) is 0 Å². The van der Waals surface area contributed by atoms with Crippen molar-refractivity contribution >= 4 is 0 Å². The molecule has 5 nitrogen and oxygen atoms in total. The van der Waals surface area contributed by atoms with Crippen molar-refractivity contribution in [3.05, 3.63) is 45.4 Å². The highest BCUT2D eigenvalue weighted by Crippen LogP contribution is 1.76. The minimum absolute atomic E-state index is 0.367. The molecule has 1 aromatic rings. The number of allylic oxidation sites excluding steroid dienone is 1. The normalized spacial score (nSPS) is 10.7. The van der Waals surface area contributed by atoms with Gasteiger partial charge < -0.3 is 5.73 Å². The number of nitrogens with one attached hydrogen (secondary N) is 1. The van der Waals surface area contributed by atoms with Gasteiger partial charge in [0.25, 0.3) is 5.56 Å². The van der Waals surface area contributed by atoms with Gasteiger partial charge in [-0.2, -0.15) is 0 Å². The van der Waals surface area contributed by atoms with Crippen molar-refractivity contribution in [2.45, 2.75) is 6.54 Å². The maximum atomic E-state index is 11.0. The molecule has 0 amide bonds. The zero-order valence-corrected chi connectivity index (χ0v) is 6.36. The summed E-state index contributed by atoms with van der Waals surface area (Å²) in [5.41, 5.74) is 4.26. The summed E-state index contributed by atoms with van der Waals surface area (Å²) < 4.78 is 1.34. The van der Waals surface area contributed by atoms with Crippen LogP contribution in [0.15, 0.2) is 34.1 Å². The van der Waals surface area contributed by atoms with Gasteiger partial charge in [-0.15, -0.1) is 0 Å². The quantitative estimate of drug-likeness (QED) is 0.593. The Morgan fingerprint density at radius 1 is 1.58 bits per heavy atom. The highest BCUT2D eigenvalue weighted by molar-refractivity contribution is 4.86. The molecule has 0 unspecified atom stereocenters. The molecule has 12 heavy (non-hydrogen) atoms. The van der Waals surface area contributed by atoms with Gasteiger partial charge in [-0.3, -0.25) is 14.3 Å². The number of rotatable bonds is 2. The summed E-state index contributed by atoms with van der Waals surface area (Å²) in [4.78, 5) is 23.7. The van der Waals surface area contributed by atoms with Crippen LogP contribution < -0.4 is 17.0 Å². The molecule has 0 aliphatic rings. The fraction of sp³-hybridized carbons (Fsp3) is 0.143. The van der Waals surface area contributed by atoms with Crippen molar-refractivity contribution in [2.24, 2.45) is 5.73 Å². The fourth-order valence-corrected chi connectivity index (χ4v) is 0.762. The van der Waals surface area contributed by atoms with E-state index < -0.39 is 11.2 Å². The van der Waals surface area contributed by atoms with Gasteiger partial charge in [0.2, 0.25) is 0 Å². The van der Waals surface area contributed by atoms with Crippen LogP contribution >= 0.6 is 0 Å². The number of nitrogens with zero attached hydrogens (tertiary/aromatic N) is 1. The third kappa shape index (κ3) is 1.85. The Hall–Kier alpha value is -1.78. The highest BCUT2D eigenvalue weighted by Gasteiger charge is 1.91. The average Bonchev–Trinajstić information content (AvgIpc) is 2.03. The van der Waals surface area contributed by atoms with Gasteiger partial charge in [0, 0.05) is 18.8 Å². The molecule has 0 atom stereocenters. The van der Waals surface area contributed by atoms with Crippen LogP contribution in [0, 0.1) is 0 Å². The molecule has 0 saturated heterocycles. The summed E-state index contributed by atoms with van der Waals surface area (Å²) in [5.74, 6) is 0. The Morgan fingerprint density at radius 3 is 2.92 bits per heavy atom. The van der Waals surface area contributed by atoms with E-state index in [0.29, 0.717) is 6.54 Å². The van der Waals surface area contributed by atoms with Gasteiger partial charge in [-0.05, 0) is 12.3 Å². The third-order valence-corrected chi connectivity index (χ3v) is 1.34. The second kappa shape index (κ2) is 3.56. The van der Waals surface area contributed by atoms with Gasteiger partial charge in [0.1, 0.15) is 0 Å². The monoisotopic (exact) mass is 167 g/mol. The summed E-state index contributed by atoms with van der Waals surface area (Å²) in [7, 11) is 0. The van der Waals surface area contributed by atoms with Crippen LogP contribution in [0.2, 0.25) is 0 Å². The molecule has 1 rings (SSSR count). The summed E-state index contributed by atoms with van der Waals surface area (Å²) in [6.45, 7) is 0.367. The molecule has 0 aliphatic heterocycles. The zero-order chi connectivity index (χ0) is 8.97. The summed E-state index contributed by atoms with van der Waals surface area (Å²) in [6.07, 6.45) is 4.37. The van der Waals surface area contributed by atoms with Gasteiger partial charge >= 0.3 is 5.69 Å². The molecule has 0 aromatic carbocycles. The number of aromatic nitrogens is 2. The number of nitrogens with two attached hydrogens (primary N) is 1. The van der Waals surface area contributed by atoms with E-state index >= 15 is 0 Å². The lowest BCUT2D eigenvalue weighted by Crippen LogP contribution is -2.28. The lowest BCUT2D eigenvalue weighted by molar-refractivity contribution is 0.735. The molecule has 0 radical (unpaired) electrons. The Kier molecular flexibility index (Phi) is 2.47. The number of hydrogen-bond donors (Lipinski definition) is 2. The predicted octanol–water partition coefficient (Wildman–Crippen LogP) is -0.991. The molecule has 5 heteroatoms. The first-order valence-electron chi connectivity index (χ1n) is 3.40. The van der Waals surface area contributed by atoms with Crippen molar-refractivity contribution in [1.82, 2.24) is 9.55 Å². The average molecular weight is 167 g/mol. The third-order valence-electron chi connectivity index (χ3n) is 1.34. The lowest BCUT2D eigenvalue weighted by atomic mass is 10.5. The number of H-pyrrole nitrogens is 1. The molecular weight excluding hydrogens is 158 g/mol. The van der Waals surface area contributed by atoms with E-state index in [0.717, 1.165) is 0 Å². The SMILES string of the molecule is NC=CCn1ccc(=O)[nH]c1=O. The Morgan fingerprint density at radius 2 is 2.33 bits per heavy atom. The van der Waals surface area contributed by atoms with Crippen molar-refractivity contribution in [1.29, 1.82) is 0 Å². The van der Waals surface area contributed by atoms with Crippen molar-refractivity contribution in [3.63, 3.8) is 0 Å². The topological polar surface area (TPSA) is 80.9 Å². The smallest absolute Gasteiger partial charge is 0.328 e. The first kappa shape index (κ1) is 8.32. The van der Waals surface area contributed by atoms with Crippen LogP contribution in [-0.2, 0) is 6.54 Å². The zero-order valence-electron chi connectivity index (χ0n) is 6.36. The Labute approximate surface area is 68.1 Å². The molecule has 0 aliphatic carbocycles.